The number of rotatable bonds is 1. The van der Waals surface area contributed by atoms with Gasteiger partial charge in [-0.3, -0.25) is 30.2 Å². The Balaban J connectivity index is 2.87. The molecule has 0 aromatic carbocycles. The molecule has 0 spiro atoms. The Bertz CT molecular complexity index is 472. The summed E-state index contributed by atoms with van der Waals surface area (Å²) >= 11 is 0. The lowest BCUT2D eigenvalue weighted by molar-refractivity contribution is -0.119. The van der Waals surface area contributed by atoms with Crippen molar-refractivity contribution < 1.29 is 9.59 Å². The highest BCUT2D eigenvalue weighted by atomic mass is 16.2. The Morgan fingerprint density at radius 3 is 2.40 bits per heavy atom. The zero-order valence-electron chi connectivity index (χ0n) is 7.71. The van der Waals surface area contributed by atoms with Crippen molar-refractivity contribution in [3.8, 4) is 0 Å². The lowest BCUT2D eigenvalue weighted by atomic mass is 10.4. The highest BCUT2D eigenvalue weighted by Crippen LogP contribution is 1.82. The van der Waals surface area contributed by atoms with E-state index in [1.165, 1.54) is 6.92 Å². The molecular weight excluding hydrogens is 204 g/mol. The molecule has 0 unspecified atom stereocenters. The molecule has 0 aliphatic carbocycles. The monoisotopic (exact) mass is 212 g/mol. The van der Waals surface area contributed by atoms with Gasteiger partial charge in [-0.2, -0.15) is 0 Å². The molecule has 15 heavy (non-hydrogen) atoms. The van der Waals surface area contributed by atoms with Crippen molar-refractivity contribution in [2.75, 3.05) is 0 Å². The van der Waals surface area contributed by atoms with Gasteiger partial charge in [0, 0.05) is 13.0 Å². The average molecular weight is 212 g/mol. The number of H-pyrrole nitrogens is 2. The van der Waals surface area contributed by atoms with Crippen molar-refractivity contribution >= 4 is 11.8 Å². The smallest absolute Gasteiger partial charge is 0.303 e. The van der Waals surface area contributed by atoms with Crippen molar-refractivity contribution in [3.05, 3.63) is 32.6 Å². The summed E-state index contributed by atoms with van der Waals surface area (Å²) in [4.78, 5) is 47.2. The Hall–Kier alpha value is -2.38. The molecule has 0 saturated heterocycles. The Morgan fingerprint density at radius 1 is 1.20 bits per heavy atom. The van der Waals surface area contributed by atoms with Crippen LogP contribution in [-0.2, 0) is 4.79 Å². The molecule has 1 heterocycles. The van der Waals surface area contributed by atoms with Crippen LogP contribution in [0.4, 0.5) is 0 Å². The van der Waals surface area contributed by atoms with Crippen molar-refractivity contribution in [2.45, 2.75) is 6.92 Å². The summed E-state index contributed by atoms with van der Waals surface area (Å²) in [5.74, 6) is -1.26. The van der Waals surface area contributed by atoms with Crippen LogP contribution in [0.5, 0.6) is 0 Å². The van der Waals surface area contributed by atoms with E-state index in [1.807, 2.05) is 15.8 Å². The molecule has 8 heteroatoms. The number of carbonyl (C=O) groups is 2. The molecule has 4 N–H and O–H groups in total. The maximum atomic E-state index is 11.2. The predicted molar refractivity (Wildman–Crippen MR) is 49.0 cm³/mol. The minimum atomic E-state index is -0.796. The minimum absolute atomic E-state index is 0.238. The van der Waals surface area contributed by atoms with Crippen LogP contribution in [0.2, 0.25) is 0 Å². The van der Waals surface area contributed by atoms with Crippen LogP contribution in [0.15, 0.2) is 15.7 Å². The third-order valence-corrected chi connectivity index (χ3v) is 1.36. The molecule has 80 valence electrons. The lowest BCUT2D eigenvalue weighted by Gasteiger charge is -2.03. The van der Waals surface area contributed by atoms with Gasteiger partial charge in [-0.1, -0.05) is 0 Å². The first-order valence-electron chi connectivity index (χ1n) is 3.89. The molecule has 1 aromatic rings. The first-order chi connectivity index (χ1) is 6.99. The summed E-state index contributed by atoms with van der Waals surface area (Å²) in [5.41, 5.74) is 2.26. The molecule has 0 fully saturated rings. The fraction of sp³-hybridized carbons (Fsp3) is 0.143. The standard InChI is InChI=1S/C7H8N4O4/c1-3(12)10-11-6(14)4-2-5(13)9-7(15)8-4/h2H,1H3,(H,10,12)(H,11,14)(H2,8,9,13,15). The van der Waals surface area contributed by atoms with Crippen molar-refractivity contribution in [2.24, 2.45) is 0 Å². The molecule has 2 amide bonds. The predicted octanol–water partition coefficient (Wildman–Crippen LogP) is -2.16. The first kappa shape index (κ1) is 10.7. The van der Waals surface area contributed by atoms with E-state index < -0.39 is 23.1 Å². The van der Waals surface area contributed by atoms with E-state index in [9.17, 15) is 19.2 Å². The molecule has 0 aliphatic heterocycles. The molecule has 1 rings (SSSR count). The summed E-state index contributed by atoms with van der Waals surface area (Å²) in [6.45, 7) is 1.20. The van der Waals surface area contributed by atoms with Crippen LogP contribution in [-0.4, -0.2) is 21.8 Å². The van der Waals surface area contributed by atoms with Gasteiger partial charge >= 0.3 is 5.69 Å². The van der Waals surface area contributed by atoms with Crippen LogP contribution < -0.4 is 22.1 Å². The number of hydrogen-bond acceptors (Lipinski definition) is 4. The number of hydrazine groups is 1. The van der Waals surface area contributed by atoms with E-state index in [4.69, 9.17) is 0 Å². The van der Waals surface area contributed by atoms with Crippen molar-refractivity contribution in [1.29, 1.82) is 0 Å². The molecular formula is C7H8N4O4. The summed E-state index contributed by atoms with van der Waals surface area (Å²) in [5, 5.41) is 0. The van der Waals surface area contributed by atoms with Gasteiger partial charge in [0.25, 0.3) is 11.5 Å². The Labute approximate surface area is 82.7 Å². The molecule has 8 nitrogen and oxygen atoms in total. The van der Waals surface area contributed by atoms with Gasteiger partial charge in [0.05, 0.1) is 0 Å². The first-order valence-corrected chi connectivity index (χ1v) is 3.89. The van der Waals surface area contributed by atoms with Crippen LogP contribution in [0, 0.1) is 0 Å². The maximum Gasteiger partial charge on any atom is 0.326 e. The summed E-state index contributed by atoms with van der Waals surface area (Å²) < 4.78 is 0. The number of nitrogens with one attached hydrogen (secondary N) is 4. The van der Waals surface area contributed by atoms with Crippen molar-refractivity contribution in [3.63, 3.8) is 0 Å². The molecule has 0 radical (unpaired) electrons. The highest BCUT2D eigenvalue weighted by molar-refractivity contribution is 5.93. The number of carbonyl (C=O) groups excluding carboxylic acids is 2. The molecule has 0 bridgehead atoms. The topological polar surface area (TPSA) is 124 Å². The molecule has 0 atom stereocenters. The lowest BCUT2D eigenvalue weighted by Crippen LogP contribution is -2.42. The fourth-order valence-corrected chi connectivity index (χ4v) is 0.803. The quantitative estimate of drug-likeness (QED) is 0.396. The third kappa shape index (κ3) is 3.10. The number of amides is 2. The van der Waals surface area contributed by atoms with E-state index in [1.54, 1.807) is 0 Å². The number of aromatic amines is 2. The van der Waals surface area contributed by atoms with Gasteiger partial charge in [-0.25, -0.2) is 4.79 Å². The Morgan fingerprint density at radius 2 is 1.87 bits per heavy atom. The van der Waals surface area contributed by atoms with E-state index in [-0.39, 0.29) is 5.69 Å². The normalized spacial score (nSPS) is 9.40. The number of aromatic nitrogens is 2. The largest absolute Gasteiger partial charge is 0.326 e. The zero-order valence-corrected chi connectivity index (χ0v) is 7.71. The van der Waals surface area contributed by atoms with Crippen LogP contribution >= 0.6 is 0 Å². The van der Waals surface area contributed by atoms with Gasteiger partial charge in [0.1, 0.15) is 5.69 Å². The van der Waals surface area contributed by atoms with E-state index in [0.717, 1.165) is 6.07 Å². The minimum Gasteiger partial charge on any atom is -0.303 e. The van der Waals surface area contributed by atoms with Crippen molar-refractivity contribution in [1.82, 2.24) is 20.8 Å². The zero-order chi connectivity index (χ0) is 11.4. The maximum absolute atomic E-state index is 11.2. The highest BCUT2D eigenvalue weighted by Gasteiger charge is 2.07. The molecule has 0 saturated carbocycles. The number of hydrogen-bond donors (Lipinski definition) is 4. The second-order valence-electron chi connectivity index (χ2n) is 2.64. The van der Waals surface area contributed by atoms with Gasteiger partial charge in [0.2, 0.25) is 5.91 Å². The van der Waals surface area contributed by atoms with E-state index in [0.29, 0.717) is 0 Å². The molecule has 1 aromatic heterocycles. The second kappa shape index (κ2) is 4.22. The fourth-order valence-electron chi connectivity index (χ4n) is 0.803. The van der Waals surface area contributed by atoms with Gasteiger partial charge in [-0.05, 0) is 0 Å². The van der Waals surface area contributed by atoms with Gasteiger partial charge < -0.3 is 4.98 Å². The third-order valence-electron chi connectivity index (χ3n) is 1.36. The van der Waals surface area contributed by atoms with Crippen LogP contribution in [0.25, 0.3) is 0 Å². The second-order valence-corrected chi connectivity index (χ2v) is 2.64. The van der Waals surface area contributed by atoms with E-state index in [2.05, 4.69) is 4.98 Å². The molecule has 0 aliphatic rings. The average Bonchev–Trinajstić information content (AvgIpc) is 2.12. The SMILES string of the molecule is CC(=O)NNC(=O)c1cc(=O)[nH]c(=O)[nH]1. The Kier molecular flexibility index (Phi) is 3.01. The van der Waals surface area contributed by atoms with Gasteiger partial charge in [0.15, 0.2) is 0 Å². The summed E-state index contributed by atoms with van der Waals surface area (Å²) in [6, 6.07) is 0.901. The summed E-state index contributed by atoms with van der Waals surface area (Å²) in [6.07, 6.45) is 0. The van der Waals surface area contributed by atoms with Gasteiger partial charge in [-0.15, -0.1) is 0 Å². The van der Waals surface area contributed by atoms with Crippen LogP contribution in [0.3, 0.4) is 0 Å². The van der Waals surface area contributed by atoms with E-state index >= 15 is 0 Å². The van der Waals surface area contributed by atoms with Crippen LogP contribution in [0.1, 0.15) is 17.4 Å². The summed E-state index contributed by atoms with van der Waals surface area (Å²) in [7, 11) is 0.